The molecule has 102 valence electrons. The molecule has 17 heavy (non-hydrogen) atoms. The number of nitrogens with one attached hydrogen (secondary N) is 2. The van der Waals surface area contributed by atoms with Crippen molar-refractivity contribution in [3.63, 3.8) is 0 Å². The maximum Gasteiger partial charge on any atom is 0.0701 e. The third-order valence-electron chi connectivity index (χ3n) is 2.97. The van der Waals surface area contributed by atoms with Crippen molar-refractivity contribution in [1.29, 1.82) is 0 Å². The number of hydrogen-bond donors (Lipinski definition) is 2. The van der Waals surface area contributed by atoms with Crippen LogP contribution in [0.2, 0.25) is 0 Å². The zero-order chi connectivity index (χ0) is 12.4. The van der Waals surface area contributed by atoms with E-state index in [1.165, 1.54) is 6.42 Å². The van der Waals surface area contributed by atoms with E-state index in [0.29, 0.717) is 26.4 Å². The van der Waals surface area contributed by atoms with Crippen molar-refractivity contribution in [1.82, 2.24) is 10.6 Å². The van der Waals surface area contributed by atoms with E-state index in [1.54, 1.807) is 7.11 Å². The van der Waals surface area contributed by atoms with Gasteiger partial charge in [0.1, 0.15) is 0 Å². The van der Waals surface area contributed by atoms with Crippen LogP contribution in [0.1, 0.15) is 13.3 Å². The van der Waals surface area contributed by atoms with E-state index in [2.05, 4.69) is 17.6 Å². The Morgan fingerprint density at radius 2 is 1.82 bits per heavy atom. The lowest BCUT2D eigenvalue weighted by Gasteiger charge is -2.24. The van der Waals surface area contributed by atoms with Gasteiger partial charge in [-0.2, -0.15) is 0 Å². The minimum Gasteiger partial charge on any atom is -0.382 e. The van der Waals surface area contributed by atoms with Gasteiger partial charge in [-0.05, 0) is 19.9 Å². The normalized spacial score (nSPS) is 24.4. The topological polar surface area (TPSA) is 51.8 Å². The van der Waals surface area contributed by atoms with Crippen molar-refractivity contribution in [2.24, 2.45) is 0 Å². The molecule has 1 fully saturated rings. The van der Waals surface area contributed by atoms with Gasteiger partial charge < -0.3 is 24.8 Å². The third-order valence-corrected chi connectivity index (χ3v) is 2.97. The Balaban J connectivity index is 1.81. The minimum atomic E-state index is 0.248. The van der Waals surface area contributed by atoms with Crippen LogP contribution in [0.25, 0.3) is 0 Å². The molecule has 1 rings (SSSR count). The summed E-state index contributed by atoms with van der Waals surface area (Å²) in [6.45, 7) is 8.63. The van der Waals surface area contributed by atoms with Crippen LogP contribution >= 0.6 is 0 Å². The highest BCUT2D eigenvalue weighted by Crippen LogP contribution is 2.12. The molecule has 0 bridgehead atoms. The average molecular weight is 246 g/mol. The molecule has 2 N–H and O–H groups in total. The minimum absolute atomic E-state index is 0.248. The van der Waals surface area contributed by atoms with Crippen LogP contribution in [0.5, 0.6) is 0 Å². The summed E-state index contributed by atoms with van der Waals surface area (Å²) >= 11 is 0. The van der Waals surface area contributed by atoms with Crippen LogP contribution < -0.4 is 10.6 Å². The lowest BCUT2D eigenvalue weighted by atomic mass is 10.0. The second kappa shape index (κ2) is 8.83. The van der Waals surface area contributed by atoms with Crippen molar-refractivity contribution >= 4 is 0 Å². The van der Waals surface area contributed by atoms with E-state index in [9.17, 15) is 0 Å². The zero-order valence-electron chi connectivity index (χ0n) is 11.1. The monoisotopic (exact) mass is 246 g/mol. The van der Waals surface area contributed by atoms with Crippen LogP contribution in [0.15, 0.2) is 0 Å². The van der Waals surface area contributed by atoms with Crippen LogP contribution in [-0.4, -0.2) is 65.3 Å². The van der Waals surface area contributed by atoms with Gasteiger partial charge in [0.2, 0.25) is 0 Å². The van der Waals surface area contributed by atoms with Gasteiger partial charge in [-0.3, -0.25) is 0 Å². The standard InChI is InChI=1S/C12H26N2O3/c1-12(3-4-13-11-12)14-5-6-16-9-10-17-8-7-15-2/h13-14H,3-11H2,1-2H3. The first-order chi connectivity index (χ1) is 8.27. The maximum atomic E-state index is 5.47. The smallest absolute Gasteiger partial charge is 0.0701 e. The highest BCUT2D eigenvalue weighted by molar-refractivity contribution is 4.91. The molecule has 1 aliphatic heterocycles. The summed E-state index contributed by atoms with van der Waals surface area (Å²) in [6.07, 6.45) is 1.19. The lowest BCUT2D eigenvalue weighted by molar-refractivity contribution is 0.0247. The molecule has 0 aromatic carbocycles. The molecule has 0 amide bonds. The maximum absolute atomic E-state index is 5.47. The highest BCUT2D eigenvalue weighted by atomic mass is 16.5. The lowest BCUT2D eigenvalue weighted by Crippen LogP contribution is -2.45. The Bertz CT molecular complexity index is 185. The molecule has 0 spiro atoms. The fourth-order valence-electron chi connectivity index (χ4n) is 1.86. The first kappa shape index (κ1) is 14.9. The third kappa shape index (κ3) is 6.95. The van der Waals surface area contributed by atoms with Gasteiger partial charge in [0.15, 0.2) is 0 Å². The molecule has 0 aromatic heterocycles. The summed E-state index contributed by atoms with van der Waals surface area (Å²) in [4.78, 5) is 0. The molecule has 5 heteroatoms. The van der Waals surface area contributed by atoms with Crippen LogP contribution in [-0.2, 0) is 14.2 Å². The van der Waals surface area contributed by atoms with E-state index < -0.39 is 0 Å². The van der Waals surface area contributed by atoms with Crippen molar-refractivity contribution in [2.75, 3.05) is 59.8 Å². The van der Waals surface area contributed by atoms with E-state index in [-0.39, 0.29) is 5.54 Å². The van der Waals surface area contributed by atoms with Gasteiger partial charge in [0.05, 0.1) is 33.0 Å². The first-order valence-electron chi connectivity index (χ1n) is 6.37. The molecule has 5 nitrogen and oxygen atoms in total. The van der Waals surface area contributed by atoms with Gasteiger partial charge in [0, 0.05) is 25.7 Å². The van der Waals surface area contributed by atoms with Crippen LogP contribution in [0.3, 0.4) is 0 Å². The number of methoxy groups -OCH3 is 1. The quantitative estimate of drug-likeness (QED) is 0.532. The zero-order valence-corrected chi connectivity index (χ0v) is 11.1. The van der Waals surface area contributed by atoms with Gasteiger partial charge >= 0.3 is 0 Å². The molecule has 1 heterocycles. The molecular formula is C12H26N2O3. The van der Waals surface area contributed by atoms with E-state index in [1.807, 2.05) is 0 Å². The second-order valence-corrected chi connectivity index (χ2v) is 4.63. The largest absolute Gasteiger partial charge is 0.382 e. The predicted octanol–water partition coefficient (Wildman–Crippen LogP) is 0.00760. The van der Waals surface area contributed by atoms with Crippen molar-refractivity contribution in [3.8, 4) is 0 Å². The Hall–Kier alpha value is -0.200. The molecule has 0 saturated carbocycles. The van der Waals surface area contributed by atoms with Gasteiger partial charge in [0.25, 0.3) is 0 Å². The van der Waals surface area contributed by atoms with Crippen molar-refractivity contribution in [3.05, 3.63) is 0 Å². The summed E-state index contributed by atoms with van der Waals surface area (Å²) in [7, 11) is 1.67. The number of rotatable bonds is 10. The first-order valence-corrected chi connectivity index (χ1v) is 6.37. The average Bonchev–Trinajstić information content (AvgIpc) is 2.74. The fourth-order valence-corrected chi connectivity index (χ4v) is 1.86. The van der Waals surface area contributed by atoms with E-state index >= 15 is 0 Å². The number of ether oxygens (including phenoxy) is 3. The second-order valence-electron chi connectivity index (χ2n) is 4.63. The highest BCUT2D eigenvalue weighted by Gasteiger charge is 2.26. The SMILES string of the molecule is COCCOCCOCCNC1(C)CCNC1. The number of hydrogen-bond acceptors (Lipinski definition) is 5. The summed E-state index contributed by atoms with van der Waals surface area (Å²) in [5, 5.41) is 6.88. The Labute approximate surface area is 104 Å². The molecule has 1 aliphatic rings. The van der Waals surface area contributed by atoms with Gasteiger partial charge in [-0.25, -0.2) is 0 Å². The molecule has 0 aromatic rings. The van der Waals surface area contributed by atoms with E-state index in [4.69, 9.17) is 14.2 Å². The summed E-state index contributed by atoms with van der Waals surface area (Å²) in [5.74, 6) is 0. The van der Waals surface area contributed by atoms with Crippen molar-refractivity contribution in [2.45, 2.75) is 18.9 Å². The Morgan fingerprint density at radius 3 is 2.47 bits per heavy atom. The predicted molar refractivity (Wildman–Crippen MR) is 67.4 cm³/mol. The molecule has 0 aliphatic carbocycles. The molecule has 0 radical (unpaired) electrons. The van der Waals surface area contributed by atoms with Crippen LogP contribution in [0, 0.1) is 0 Å². The van der Waals surface area contributed by atoms with Crippen molar-refractivity contribution < 1.29 is 14.2 Å². The fraction of sp³-hybridized carbons (Fsp3) is 1.00. The summed E-state index contributed by atoms with van der Waals surface area (Å²) in [6, 6.07) is 0. The Kier molecular flexibility index (Phi) is 7.72. The Morgan fingerprint density at radius 1 is 1.12 bits per heavy atom. The van der Waals surface area contributed by atoms with Gasteiger partial charge in [-0.1, -0.05) is 0 Å². The summed E-state index contributed by atoms with van der Waals surface area (Å²) < 4.78 is 15.6. The van der Waals surface area contributed by atoms with Gasteiger partial charge in [-0.15, -0.1) is 0 Å². The molecular weight excluding hydrogens is 220 g/mol. The molecule has 1 atom stereocenters. The van der Waals surface area contributed by atoms with E-state index in [0.717, 1.165) is 26.2 Å². The molecule has 1 saturated heterocycles. The summed E-state index contributed by atoms with van der Waals surface area (Å²) in [5.41, 5.74) is 0.248. The molecule has 1 unspecified atom stereocenters. The van der Waals surface area contributed by atoms with Crippen LogP contribution in [0.4, 0.5) is 0 Å².